The van der Waals surface area contributed by atoms with Gasteiger partial charge in [0.05, 0.1) is 5.41 Å². The molecular formula is C20H34O4. The molecule has 0 aromatic carbocycles. The summed E-state index contributed by atoms with van der Waals surface area (Å²) in [5.74, 6) is -0.210. The van der Waals surface area contributed by atoms with Crippen molar-refractivity contribution in [2.45, 2.75) is 97.0 Å². The maximum absolute atomic E-state index is 12.4. The molecule has 0 radical (unpaired) electrons. The van der Waals surface area contributed by atoms with Crippen LogP contribution in [0.1, 0.15) is 91.4 Å². The second-order valence-electron chi connectivity index (χ2n) is 8.25. The Balaban J connectivity index is 1.94. The van der Waals surface area contributed by atoms with Crippen LogP contribution >= 0.6 is 0 Å². The lowest BCUT2D eigenvalue weighted by atomic mass is 9.69. The predicted octanol–water partition coefficient (Wildman–Crippen LogP) is 4.79. The minimum atomic E-state index is -0.549. The van der Waals surface area contributed by atoms with Crippen molar-refractivity contribution in [3.8, 4) is 0 Å². The monoisotopic (exact) mass is 338 g/mol. The molecule has 4 nitrogen and oxygen atoms in total. The Bertz CT molecular complexity index is 429. The number of hydrogen-bond acceptors (Lipinski definition) is 4. The molecule has 24 heavy (non-hydrogen) atoms. The molecule has 0 aliphatic heterocycles. The zero-order valence-corrected chi connectivity index (χ0v) is 15.7. The number of carbonyl (C=O) groups is 2. The van der Waals surface area contributed by atoms with Gasteiger partial charge in [0.1, 0.15) is 5.60 Å². The quantitative estimate of drug-likeness (QED) is 0.653. The van der Waals surface area contributed by atoms with Crippen LogP contribution in [0, 0.1) is 11.3 Å². The lowest BCUT2D eigenvalue weighted by Gasteiger charge is -2.44. The highest BCUT2D eigenvalue weighted by Crippen LogP contribution is 2.44. The summed E-state index contributed by atoms with van der Waals surface area (Å²) >= 11 is 0. The minimum absolute atomic E-state index is 0.253. The Morgan fingerprint density at radius 2 is 1.58 bits per heavy atom. The highest BCUT2D eigenvalue weighted by molar-refractivity contribution is 5.79. The first-order valence-electron chi connectivity index (χ1n) is 9.79. The van der Waals surface area contributed by atoms with Crippen molar-refractivity contribution in [2.75, 3.05) is 6.61 Å². The van der Waals surface area contributed by atoms with Gasteiger partial charge in [-0.25, -0.2) is 4.79 Å². The summed E-state index contributed by atoms with van der Waals surface area (Å²) in [6, 6.07) is 0. The molecule has 138 valence electrons. The standard InChI is InChI=1S/C20H34O4/c1-4-19(2,3)18(22)23-15-17(21)24-20(13-9-6-10-14-20)16-11-7-5-8-12-16/h16H,4-15H2,1-3H3. The zero-order valence-electron chi connectivity index (χ0n) is 15.7. The third kappa shape index (κ3) is 4.73. The van der Waals surface area contributed by atoms with E-state index in [4.69, 9.17) is 9.47 Å². The summed E-state index contributed by atoms with van der Waals surface area (Å²) in [5, 5.41) is 0. The van der Waals surface area contributed by atoms with E-state index >= 15 is 0 Å². The molecule has 0 atom stereocenters. The summed E-state index contributed by atoms with van der Waals surface area (Å²) in [7, 11) is 0. The number of rotatable bonds is 6. The van der Waals surface area contributed by atoms with E-state index in [2.05, 4.69) is 0 Å². The van der Waals surface area contributed by atoms with E-state index in [9.17, 15) is 9.59 Å². The van der Waals surface area contributed by atoms with Crippen LogP contribution in [-0.4, -0.2) is 24.1 Å². The Kier molecular flexibility index (Phi) is 6.70. The highest BCUT2D eigenvalue weighted by Gasteiger charge is 2.43. The number of ether oxygens (including phenoxy) is 2. The molecule has 0 saturated heterocycles. The van der Waals surface area contributed by atoms with Crippen LogP contribution in [0.3, 0.4) is 0 Å². The highest BCUT2D eigenvalue weighted by atomic mass is 16.6. The van der Waals surface area contributed by atoms with Gasteiger partial charge in [0.15, 0.2) is 6.61 Å². The van der Waals surface area contributed by atoms with Crippen LogP contribution in [0.25, 0.3) is 0 Å². The van der Waals surface area contributed by atoms with Crippen molar-refractivity contribution < 1.29 is 19.1 Å². The molecule has 0 aromatic heterocycles. The van der Waals surface area contributed by atoms with Crippen LogP contribution in [0.2, 0.25) is 0 Å². The Labute approximate surface area is 146 Å². The lowest BCUT2D eigenvalue weighted by molar-refractivity contribution is -0.183. The van der Waals surface area contributed by atoms with E-state index in [1.54, 1.807) is 0 Å². The average molecular weight is 338 g/mol. The molecule has 0 amide bonds. The normalized spacial score (nSPS) is 22.0. The van der Waals surface area contributed by atoms with Crippen molar-refractivity contribution in [3.05, 3.63) is 0 Å². The number of carbonyl (C=O) groups excluding carboxylic acids is 2. The predicted molar refractivity (Wildman–Crippen MR) is 93.5 cm³/mol. The van der Waals surface area contributed by atoms with E-state index in [1.807, 2.05) is 20.8 Å². The fourth-order valence-corrected chi connectivity index (χ4v) is 4.09. The lowest BCUT2D eigenvalue weighted by Crippen LogP contribution is -2.46. The Morgan fingerprint density at radius 1 is 1.00 bits per heavy atom. The van der Waals surface area contributed by atoms with Crippen LogP contribution < -0.4 is 0 Å². The summed E-state index contributed by atoms with van der Waals surface area (Å²) in [4.78, 5) is 24.4. The molecule has 0 unspecified atom stereocenters. The average Bonchev–Trinajstić information content (AvgIpc) is 2.61. The third-order valence-corrected chi connectivity index (χ3v) is 6.12. The molecule has 0 aromatic rings. The van der Waals surface area contributed by atoms with Gasteiger partial charge in [-0.1, -0.05) is 32.6 Å². The summed E-state index contributed by atoms with van der Waals surface area (Å²) in [5.41, 5.74) is -0.853. The van der Waals surface area contributed by atoms with Gasteiger partial charge in [-0.05, 0) is 64.7 Å². The maximum atomic E-state index is 12.4. The van der Waals surface area contributed by atoms with Gasteiger partial charge < -0.3 is 9.47 Å². The smallest absolute Gasteiger partial charge is 0.344 e. The van der Waals surface area contributed by atoms with Gasteiger partial charge in [0, 0.05) is 0 Å². The maximum Gasteiger partial charge on any atom is 0.344 e. The van der Waals surface area contributed by atoms with Crippen LogP contribution in [-0.2, 0) is 19.1 Å². The van der Waals surface area contributed by atoms with Crippen LogP contribution in [0.5, 0.6) is 0 Å². The molecule has 0 spiro atoms. The second-order valence-corrected chi connectivity index (χ2v) is 8.25. The molecule has 0 N–H and O–H groups in total. The third-order valence-electron chi connectivity index (χ3n) is 6.12. The van der Waals surface area contributed by atoms with E-state index in [-0.39, 0.29) is 24.1 Å². The Morgan fingerprint density at radius 3 is 2.17 bits per heavy atom. The van der Waals surface area contributed by atoms with Crippen molar-refractivity contribution in [1.82, 2.24) is 0 Å². The van der Waals surface area contributed by atoms with Gasteiger partial charge in [-0.15, -0.1) is 0 Å². The van der Waals surface area contributed by atoms with Crippen molar-refractivity contribution in [3.63, 3.8) is 0 Å². The number of hydrogen-bond donors (Lipinski definition) is 0. The molecule has 4 heteroatoms. The first-order chi connectivity index (χ1) is 11.4. The van der Waals surface area contributed by atoms with Gasteiger partial charge in [-0.2, -0.15) is 0 Å². The fourth-order valence-electron chi connectivity index (χ4n) is 4.09. The van der Waals surface area contributed by atoms with Crippen LogP contribution in [0.15, 0.2) is 0 Å². The molecule has 0 heterocycles. The molecule has 2 rings (SSSR count). The second kappa shape index (κ2) is 8.35. The first-order valence-corrected chi connectivity index (χ1v) is 9.79. The molecule has 2 aliphatic carbocycles. The van der Waals surface area contributed by atoms with Crippen molar-refractivity contribution >= 4 is 11.9 Å². The minimum Gasteiger partial charge on any atom is -0.456 e. The Hall–Kier alpha value is -1.06. The van der Waals surface area contributed by atoms with Gasteiger partial charge >= 0.3 is 11.9 Å². The fraction of sp³-hybridized carbons (Fsp3) is 0.900. The first kappa shape index (κ1) is 19.3. The van der Waals surface area contributed by atoms with Crippen LogP contribution in [0.4, 0.5) is 0 Å². The molecule has 2 aliphatic rings. The van der Waals surface area contributed by atoms with E-state index in [0.29, 0.717) is 12.3 Å². The van der Waals surface area contributed by atoms with E-state index in [0.717, 1.165) is 38.5 Å². The van der Waals surface area contributed by atoms with Crippen molar-refractivity contribution in [2.24, 2.45) is 11.3 Å². The SMILES string of the molecule is CCC(C)(C)C(=O)OCC(=O)OC1(C2CCCCC2)CCCCC1. The topological polar surface area (TPSA) is 52.6 Å². The summed E-state index contributed by atoms with van der Waals surface area (Å²) < 4.78 is 11.2. The summed E-state index contributed by atoms with van der Waals surface area (Å²) in [6.45, 7) is 5.37. The molecule has 2 fully saturated rings. The van der Waals surface area contributed by atoms with E-state index in [1.165, 1.54) is 25.7 Å². The largest absolute Gasteiger partial charge is 0.456 e. The molecule has 0 bridgehead atoms. The number of esters is 2. The van der Waals surface area contributed by atoms with Gasteiger partial charge in [0.2, 0.25) is 0 Å². The van der Waals surface area contributed by atoms with Gasteiger partial charge in [0.25, 0.3) is 0 Å². The van der Waals surface area contributed by atoms with Gasteiger partial charge in [-0.3, -0.25) is 4.79 Å². The van der Waals surface area contributed by atoms with E-state index < -0.39 is 5.41 Å². The summed E-state index contributed by atoms with van der Waals surface area (Å²) in [6.07, 6.45) is 12.2. The van der Waals surface area contributed by atoms with Crippen molar-refractivity contribution in [1.29, 1.82) is 0 Å². The molecular weight excluding hydrogens is 304 g/mol. The molecule has 2 saturated carbocycles. The zero-order chi connectivity index (χ0) is 17.6.